The minimum atomic E-state index is -1.09. The third kappa shape index (κ3) is 9.33. The van der Waals surface area contributed by atoms with Gasteiger partial charge in [-0.15, -0.1) is 23.5 Å². The predicted molar refractivity (Wildman–Crippen MR) is 197 cm³/mol. The first-order valence-corrected chi connectivity index (χ1v) is 18.8. The molecule has 9 nitrogen and oxygen atoms in total. The lowest BCUT2D eigenvalue weighted by Gasteiger charge is -2.57. The average molecular weight is 726 g/mol. The van der Waals surface area contributed by atoms with Gasteiger partial charge in [0.2, 0.25) is 0 Å². The number of nitrogens with one attached hydrogen (secondary N) is 1. The molecule has 4 N–H and O–H groups in total. The molecule has 4 aromatic rings. The largest absolute Gasteiger partial charge is 0.481 e. The number of anilines is 1. The SMILES string of the molecule is O=C(O)CSc1ccc(Oc2ccc(SCC(=O)O)cc2)cc1.O=C(O)c1ccccc1C(=O)Nc1ccc(C23CC4CC(CC(C4)C2)C3)cc1. The second kappa shape index (κ2) is 16.1. The number of carbonyl (C=O) groups excluding carboxylic acids is 1. The number of thioether (sulfide) groups is 2. The number of hydrogen-bond donors (Lipinski definition) is 4. The highest BCUT2D eigenvalue weighted by atomic mass is 32.2. The van der Waals surface area contributed by atoms with E-state index in [1.807, 2.05) is 12.1 Å². The van der Waals surface area contributed by atoms with Crippen molar-refractivity contribution >= 4 is 53.0 Å². The summed E-state index contributed by atoms with van der Waals surface area (Å²) in [6, 6.07) is 28.9. The Balaban J connectivity index is 0.000000180. The van der Waals surface area contributed by atoms with Crippen molar-refractivity contribution in [2.45, 2.75) is 53.7 Å². The van der Waals surface area contributed by atoms with Crippen LogP contribution in [0.3, 0.4) is 0 Å². The lowest BCUT2D eigenvalue weighted by molar-refractivity contribution is -0.134. The monoisotopic (exact) mass is 725 g/mol. The van der Waals surface area contributed by atoms with Crippen LogP contribution in [0.5, 0.6) is 11.5 Å². The van der Waals surface area contributed by atoms with E-state index in [1.54, 1.807) is 66.7 Å². The molecule has 0 aromatic heterocycles. The van der Waals surface area contributed by atoms with E-state index in [9.17, 15) is 24.3 Å². The van der Waals surface area contributed by atoms with E-state index in [0.717, 1.165) is 27.5 Å². The molecular formula is C40H39NO8S2. The summed E-state index contributed by atoms with van der Waals surface area (Å²) in [4.78, 5) is 46.7. The van der Waals surface area contributed by atoms with E-state index in [2.05, 4.69) is 17.4 Å². The number of carboxylic acid groups (broad SMARTS) is 3. The third-order valence-electron chi connectivity index (χ3n) is 9.80. The fourth-order valence-corrected chi connectivity index (χ4v) is 9.31. The van der Waals surface area contributed by atoms with Crippen LogP contribution in [0, 0.1) is 17.8 Å². The van der Waals surface area contributed by atoms with Crippen molar-refractivity contribution in [2.75, 3.05) is 16.8 Å². The van der Waals surface area contributed by atoms with E-state index >= 15 is 0 Å². The fraction of sp³-hybridized carbons (Fsp3) is 0.300. The summed E-state index contributed by atoms with van der Waals surface area (Å²) in [5.74, 6) is 0.863. The zero-order valence-electron chi connectivity index (χ0n) is 27.8. The molecule has 8 rings (SSSR count). The molecule has 0 aliphatic heterocycles. The van der Waals surface area contributed by atoms with Crippen LogP contribution >= 0.6 is 23.5 Å². The Labute approximate surface area is 304 Å². The second-order valence-corrected chi connectivity index (χ2v) is 15.6. The van der Waals surface area contributed by atoms with E-state index in [4.69, 9.17) is 14.9 Å². The Morgan fingerprint density at radius 3 is 1.51 bits per heavy atom. The van der Waals surface area contributed by atoms with Gasteiger partial charge in [-0.1, -0.05) is 24.3 Å². The van der Waals surface area contributed by atoms with Crippen LogP contribution in [-0.2, 0) is 15.0 Å². The molecule has 0 saturated heterocycles. The number of carboxylic acids is 3. The molecule has 11 heteroatoms. The van der Waals surface area contributed by atoms with Gasteiger partial charge in [0.25, 0.3) is 5.91 Å². The van der Waals surface area contributed by atoms with Gasteiger partial charge in [-0.05, 0) is 140 Å². The van der Waals surface area contributed by atoms with Gasteiger partial charge in [-0.3, -0.25) is 14.4 Å². The molecule has 0 atom stereocenters. The third-order valence-corrected chi connectivity index (χ3v) is 11.8. The number of amides is 1. The van der Waals surface area contributed by atoms with Gasteiger partial charge in [-0.25, -0.2) is 4.79 Å². The molecule has 0 spiro atoms. The summed E-state index contributed by atoms with van der Waals surface area (Å²) < 4.78 is 5.69. The summed E-state index contributed by atoms with van der Waals surface area (Å²) in [7, 11) is 0. The van der Waals surface area contributed by atoms with Gasteiger partial charge < -0.3 is 25.4 Å². The van der Waals surface area contributed by atoms with Crippen LogP contribution in [-0.4, -0.2) is 50.6 Å². The Morgan fingerprint density at radius 1 is 0.627 bits per heavy atom. The molecule has 1 amide bonds. The normalized spacial score (nSPS) is 21.2. The highest BCUT2D eigenvalue weighted by Gasteiger charge is 2.51. The summed E-state index contributed by atoms with van der Waals surface area (Å²) in [5, 5.41) is 29.4. The minimum Gasteiger partial charge on any atom is -0.481 e. The topological polar surface area (TPSA) is 150 Å². The number of ether oxygens (including phenoxy) is 1. The summed E-state index contributed by atoms with van der Waals surface area (Å²) in [6.45, 7) is 0. The first-order chi connectivity index (χ1) is 24.5. The highest BCUT2D eigenvalue weighted by molar-refractivity contribution is 8.00. The van der Waals surface area contributed by atoms with Crippen molar-refractivity contribution in [3.05, 3.63) is 114 Å². The smallest absolute Gasteiger partial charge is 0.336 e. The molecule has 4 bridgehead atoms. The van der Waals surface area contributed by atoms with Crippen molar-refractivity contribution in [2.24, 2.45) is 17.8 Å². The Kier molecular flexibility index (Phi) is 11.4. The summed E-state index contributed by atoms with van der Waals surface area (Å²) in [5.41, 5.74) is 2.66. The van der Waals surface area contributed by atoms with Gasteiger partial charge in [-0.2, -0.15) is 0 Å². The van der Waals surface area contributed by atoms with Crippen molar-refractivity contribution in [1.29, 1.82) is 0 Å². The number of aliphatic carboxylic acids is 2. The highest BCUT2D eigenvalue weighted by Crippen LogP contribution is 2.60. The average Bonchev–Trinajstić information content (AvgIpc) is 3.11. The molecule has 4 aliphatic carbocycles. The Hall–Kier alpha value is -4.74. The second-order valence-electron chi connectivity index (χ2n) is 13.5. The number of hydrogen-bond acceptors (Lipinski definition) is 7. The molecule has 0 heterocycles. The van der Waals surface area contributed by atoms with E-state index in [1.165, 1.54) is 73.7 Å². The number of aromatic carboxylic acids is 1. The quantitative estimate of drug-likeness (QED) is 0.104. The molecule has 0 radical (unpaired) electrons. The van der Waals surface area contributed by atoms with Gasteiger partial charge in [0.15, 0.2) is 0 Å². The summed E-state index contributed by atoms with van der Waals surface area (Å²) in [6.07, 6.45) is 8.23. The van der Waals surface area contributed by atoms with Crippen molar-refractivity contribution < 1.29 is 39.2 Å². The molecule has 51 heavy (non-hydrogen) atoms. The van der Waals surface area contributed by atoms with E-state index in [0.29, 0.717) is 22.6 Å². The maximum absolute atomic E-state index is 12.6. The van der Waals surface area contributed by atoms with Gasteiger partial charge in [0, 0.05) is 15.5 Å². The van der Waals surface area contributed by atoms with Gasteiger partial charge >= 0.3 is 17.9 Å². The maximum Gasteiger partial charge on any atom is 0.336 e. The van der Waals surface area contributed by atoms with Gasteiger partial charge in [0.05, 0.1) is 22.6 Å². The zero-order chi connectivity index (χ0) is 36.0. The lowest BCUT2D eigenvalue weighted by atomic mass is 9.48. The van der Waals surface area contributed by atoms with Crippen LogP contribution in [0.2, 0.25) is 0 Å². The maximum atomic E-state index is 12.6. The van der Waals surface area contributed by atoms with Crippen LogP contribution in [0.15, 0.2) is 107 Å². The molecule has 4 aliphatic rings. The van der Waals surface area contributed by atoms with Crippen LogP contribution in [0.25, 0.3) is 0 Å². The molecule has 4 aromatic carbocycles. The number of rotatable bonds is 12. The van der Waals surface area contributed by atoms with Crippen LogP contribution in [0.4, 0.5) is 5.69 Å². The van der Waals surface area contributed by atoms with Crippen molar-refractivity contribution in [1.82, 2.24) is 0 Å². The number of benzene rings is 4. The molecule has 4 fully saturated rings. The summed E-state index contributed by atoms with van der Waals surface area (Å²) >= 11 is 2.49. The minimum absolute atomic E-state index is 0.0187. The van der Waals surface area contributed by atoms with Gasteiger partial charge in [0.1, 0.15) is 11.5 Å². The predicted octanol–water partition coefficient (Wildman–Crippen LogP) is 8.94. The van der Waals surface area contributed by atoms with Crippen LogP contribution < -0.4 is 10.1 Å². The van der Waals surface area contributed by atoms with Crippen molar-refractivity contribution in [3.8, 4) is 11.5 Å². The van der Waals surface area contributed by atoms with Crippen LogP contribution in [0.1, 0.15) is 64.8 Å². The molecular weight excluding hydrogens is 687 g/mol. The molecule has 4 saturated carbocycles. The number of carbonyl (C=O) groups is 4. The zero-order valence-corrected chi connectivity index (χ0v) is 29.5. The Bertz CT molecular complexity index is 1780. The van der Waals surface area contributed by atoms with Crippen molar-refractivity contribution in [3.63, 3.8) is 0 Å². The first kappa shape index (κ1) is 36.1. The standard InChI is InChI=1S/C24H25NO3.C16H14O5S2/c26-22(20-3-1-2-4-21(20)23(27)28)25-19-7-5-18(6-8-19)24-12-15-9-16(13-24)11-17(10-15)14-24;17-15(18)9-22-13-5-1-11(2-6-13)21-12-3-7-14(8-4-12)23-10-16(19)20/h1-8,15-17H,9-14H2,(H,25,26)(H,27,28);1-8H,9-10H2,(H,17,18)(H,19,20). The lowest BCUT2D eigenvalue weighted by Crippen LogP contribution is -2.48. The molecule has 0 unspecified atom stereocenters. The first-order valence-electron chi connectivity index (χ1n) is 16.9. The van der Waals surface area contributed by atoms with E-state index in [-0.39, 0.29) is 28.5 Å². The Morgan fingerprint density at radius 2 is 1.08 bits per heavy atom. The molecule has 264 valence electrons. The van der Waals surface area contributed by atoms with E-state index < -0.39 is 17.9 Å². The fourth-order valence-electron chi connectivity index (χ4n) is 8.07.